The van der Waals surface area contributed by atoms with Crippen LogP contribution >= 0.6 is 11.6 Å². The van der Waals surface area contributed by atoms with Crippen molar-refractivity contribution in [3.63, 3.8) is 0 Å². The van der Waals surface area contributed by atoms with Gasteiger partial charge < -0.3 is 14.8 Å². The van der Waals surface area contributed by atoms with Gasteiger partial charge in [-0.25, -0.2) is 12.8 Å². The zero-order chi connectivity index (χ0) is 24.0. The number of amides is 1. The molecule has 7 nitrogen and oxygen atoms in total. The first-order valence-corrected chi connectivity index (χ1v) is 11.4. The van der Waals surface area contributed by atoms with Gasteiger partial charge in [0.1, 0.15) is 5.82 Å². The Labute approximate surface area is 195 Å². The maximum atomic E-state index is 13.1. The number of anilines is 2. The molecule has 0 saturated carbocycles. The highest BCUT2D eigenvalue weighted by Crippen LogP contribution is 2.36. The first-order chi connectivity index (χ1) is 15.7. The van der Waals surface area contributed by atoms with Crippen LogP contribution in [-0.4, -0.2) is 28.5 Å². The Morgan fingerprint density at radius 3 is 2.30 bits per heavy atom. The molecule has 0 spiro atoms. The summed E-state index contributed by atoms with van der Waals surface area (Å²) in [7, 11) is -1.05. The number of methoxy groups -OCH3 is 2. The minimum Gasteiger partial charge on any atom is -0.493 e. The lowest BCUT2D eigenvalue weighted by Gasteiger charge is -2.13. The van der Waals surface area contributed by atoms with Crippen LogP contribution in [0, 0.1) is 5.82 Å². The Kier molecular flexibility index (Phi) is 7.57. The van der Waals surface area contributed by atoms with Crippen LogP contribution in [-0.2, 0) is 14.8 Å². The molecule has 33 heavy (non-hydrogen) atoms. The quantitative estimate of drug-likeness (QED) is 0.436. The summed E-state index contributed by atoms with van der Waals surface area (Å²) in [6, 6.07) is 13.9. The number of halogens is 2. The summed E-state index contributed by atoms with van der Waals surface area (Å²) in [5.41, 5.74) is 0.985. The molecule has 1 amide bonds. The van der Waals surface area contributed by atoms with E-state index in [4.69, 9.17) is 21.1 Å². The summed E-state index contributed by atoms with van der Waals surface area (Å²) < 4.78 is 51.2. The average Bonchev–Trinajstić information content (AvgIpc) is 2.78. The summed E-state index contributed by atoms with van der Waals surface area (Å²) in [6.45, 7) is 0. The van der Waals surface area contributed by atoms with Gasteiger partial charge in [0, 0.05) is 6.08 Å². The normalized spacial score (nSPS) is 11.3. The Bertz CT molecular complexity index is 1290. The number of carbonyl (C=O) groups is 1. The second kappa shape index (κ2) is 10.4. The summed E-state index contributed by atoms with van der Waals surface area (Å²) >= 11 is 6.17. The maximum absolute atomic E-state index is 13.1. The summed E-state index contributed by atoms with van der Waals surface area (Å²) in [5, 5.41) is 2.95. The molecule has 0 fully saturated rings. The van der Waals surface area contributed by atoms with Crippen molar-refractivity contribution >= 4 is 45.0 Å². The Morgan fingerprint density at radius 2 is 1.67 bits per heavy atom. The van der Waals surface area contributed by atoms with Gasteiger partial charge in [0.25, 0.3) is 10.0 Å². The van der Waals surface area contributed by atoms with Crippen LogP contribution in [0.25, 0.3) is 6.08 Å². The molecule has 0 aliphatic heterocycles. The SMILES string of the molecule is COc1cc(C=CC(=O)Nc2ccccc2NS(=O)(=O)c2ccc(F)cc2)cc(Cl)c1OC. The third-order valence-electron chi connectivity index (χ3n) is 4.44. The lowest BCUT2D eigenvalue weighted by Crippen LogP contribution is -2.16. The van der Waals surface area contributed by atoms with E-state index < -0.39 is 21.7 Å². The molecular formula is C23H20ClFN2O5S. The highest BCUT2D eigenvalue weighted by molar-refractivity contribution is 7.92. The summed E-state index contributed by atoms with van der Waals surface area (Å²) in [6.07, 6.45) is 2.79. The predicted molar refractivity (Wildman–Crippen MR) is 126 cm³/mol. The number of rotatable bonds is 8. The van der Waals surface area contributed by atoms with Crippen molar-refractivity contribution in [3.8, 4) is 11.5 Å². The fraction of sp³-hybridized carbons (Fsp3) is 0.0870. The molecule has 0 aliphatic carbocycles. The van der Waals surface area contributed by atoms with Crippen LogP contribution in [0.15, 0.2) is 71.6 Å². The Balaban J connectivity index is 1.78. The molecule has 0 aliphatic rings. The second-order valence-electron chi connectivity index (χ2n) is 6.67. The van der Waals surface area contributed by atoms with Gasteiger partial charge in [-0.15, -0.1) is 0 Å². The van der Waals surface area contributed by atoms with Gasteiger partial charge >= 0.3 is 0 Å². The number of para-hydroxylation sites is 2. The average molecular weight is 491 g/mol. The molecule has 3 aromatic carbocycles. The number of benzene rings is 3. The van der Waals surface area contributed by atoms with Crippen molar-refractivity contribution in [1.29, 1.82) is 0 Å². The standard InChI is InChI=1S/C23H20ClFN2O5S/c1-31-21-14-15(13-18(24)23(21)32-2)7-12-22(28)26-19-5-3-4-6-20(19)27-33(29,30)17-10-8-16(25)9-11-17/h3-14,27H,1-2H3,(H,26,28). The molecular weight excluding hydrogens is 471 g/mol. The molecule has 0 radical (unpaired) electrons. The summed E-state index contributed by atoms with van der Waals surface area (Å²) in [4.78, 5) is 12.4. The third-order valence-corrected chi connectivity index (χ3v) is 6.10. The monoisotopic (exact) mass is 490 g/mol. The zero-order valence-electron chi connectivity index (χ0n) is 17.6. The van der Waals surface area contributed by atoms with E-state index >= 15 is 0 Å². The first kappa shape index (κ1) is 24.1. The zero-order valence-corrected chi connectivity index (χ0v) is 19.2. The molecule has 3 rings (SSSR count). The van der Waals surface area contributed by atoms with Gasteiger partial charge in [0.2, 0.25) is 5.91 Å². The van der Waals surface area contributed by atoms with E-state index in [1.165, 1.54) is 32.4 Å². The van der Waals surface area contributed by atoms with Gasteiger partial charge in [0.15, 0.2) is 11.5 Å². The fourth-order valence-electron chi connectivity index (χ4n) is 2.88. The van der Waals surface area contributed by atoms with Crippen LogP contribution in [0.3, 0.4) is 0 Å². The van der Waals surface area contributed by atoms with Gasteiger partial charge in [-0.05, 0) is 60.2 Å². The number of hydrogen-bond donors (Lipinski definition) is 2. The van der Waals surface area contributed by atoms with E-state index in [1.807, 2.05) is 0 Å². The predicted octanol–water partition coefficient (Wildman–Crippen LogP) is 4.95. The first-order valence-electron chi connectivity index (χ1n) is 9.51. The van der Waals surface area contributed by atoms with Crippen molar-refractivity contribution in [2.24, 2.45) is 0 Å². The summed E-state index contributed by atoms with van der Waals surface area (Å²) in [5.74, 6) is -0.271. The molecule has 0 saturated heterocycles. The van der Waals surface area contributed by atoms with Gasteiger partial charge in [-0.3, -0.25) is 9.52 Å². The number of ether oxygens (including phenoxy) is 2. The van der Waals surface area contributed by atoms with Crippen molar-refractivity contribution in [1.82, 2.24) is 0 Å². The fourth-order valence-corrected chi connectivity index (χ4v) is 4.25. The van der Waals surface area contributed by atoms with E-state index in [0.29, 0.717) is 22.1 Å². The van der Waals surface area contributed by atoms with Crippen LogP contribution in [0.4, 0.5) is 15.8 Å². The topological polar surface area (TPSA) is 93.7 Å². The van der Waals surface area contributed by atoms with Crippen LogP contribution in [0.2, 0.25) is 5.02 Å². The van der Waals surface area contributed by atoms with E-state index in [0.717, 1.165) is 24.3 Å². The Morgan fingerprint density at radius 1 is 1.00 bits per heavy atom. The second-order valence-corrected chi connectivity index (χ2v) is 8.76. The number of hydrogen-bond acceptors (Lipinski definition) is 5. The maximum Gasteiger partial charge on any atom is 0.261 e. The molecule has 2 N–H and O–H groups in total. The number of sulfonamides is 1. The van der Waals surface area contributed by atoms with E-state index in [9.17, 15) is 17.6 Å². The van der Waals surface area contributed by atoms with E-state index in [2.05, 4.69) is 10.0 Å². The van der Waals surface area contributed by atoms with Crippen molar-refractivity contribution in [2.75, 3.05) is 24.3 Å². The van der Waals surface area contributed by atoms with Gasteiger partial charge in [0.05, 0.1) is 35.5 Å². The van der Waals surface area contributed by atoms with Crippen molar-refractivity contribution < 1.29 is 27.1 Å². The lowest BCUT2D eigenvalue weighted by molar-refractivity contribution is -0.111. The molecule has 0 atom stereocenters. The van der Waals surface area contributed by atoms with Crippen LogP contribution in [0.1, 0.15) is 5.56 Å². The molecule has 0 aromatic heterocycles. The van der Waals surface area contributed by atoms with Crippen LogP contribution < -0.4 is 19.5 Å². The van der Waals surface area contributed by atoms with E-state index in [-0.39, 0.29) is 16.3 Å². The number of carbonyl (C=O) groups excluding carboxylic acids is 1. The van der Waals surface area contributed by atoms with Crippen molar-refractivity contribution in [3.05, 3.63) is 83.1 Å². The molecule has 0 heterocycles. The van der Waals surface area contributed by atoms with Crippen molar-refractivity contribution in [2.45, 2.75) is 4.90 Å². The smallest absolute Gasteiger partial charge is 0.261 e. The highest BCUT2D eigenvalue weighted by Gasteiger charge is 2.16. The largest absolute Gasteiger partial charge is 0.493 e. The van der Waals surface area contributed by atoms with Gasteiger partial charge in [-0.2, -0.15) is 0 Å². The Hall–Kier alpha value is -3.56. The molecule has 10 heteroatoms. The lowest BCUT2D eigenvalue weighted by atomic mass is 10.2. The highest BCUT2D eigenvalue weighted by atomic mass is 35.5. The van der Waals surface area contributed by atoms with Gasteiger partial charge in [-0.1, -0.05) is 23.7 Å². The third kappa shape index (κ3) is 6.03. The van der Waals surface area contributed by atoms with Crippen LogP contribution in [0.5, 0.6) is 11.5 Å². The minimum atomic E-state index is -3.99. The molecule has 0 bridgehead atoms. The molecule has 3 aromatic rings. The number of nitrogens with one attached hydrogen (secondary N) is 2. The molecule has 172 valence electrons. The molecule has 0 unspecified atom stereocenters. The minimum absolute atomic E-state index is 0.116. The van der Waals surface area contributed by atoms with E-state index in [1.54, 1.807) is 30.3 Å².